The lowest BCUT2D eigenvalue weighted by atomic mass is 10.1. The van der Waals surface area contributed by atoms with Crippen LogP contribution in [0.3, 0.4) is 0 Å². The van der Waals surface area contributed by atoms with Crippen LogP contribution in [0.25, 0.3) is 22.2 Å². The molecular weight excluding hydrogens is 260 g/mol. The van der Waals surface area contributed by atoms with Crippen molar-refractivity contribution in [1.82, 2.24) is 15.0 Å². The van der Waals surface area contributed by atoms with E-state index in [1.54, 1.807) is 12.4 Å². The van der Waals surface area contributed by atoms with Crippen molar-refractivity contribution >= 4 is 11.0 Å². The molecule has 21 heavy (non-hydrogen) atoms. The lowest BCUT2D eigenvalue weighted by Crippen LogP contribution is -2.12. The number of pyridine rings is 1. The minimum atomic E-state index is 0.0225. The monoisotopic (exact) mass is 278 g/mol. The number of benzene rings is 1. The first-order chi connectivity index (χ1) is 10.3. The topological polar surface area (TPSA) is 67.6 Å². The molecule has 4 rings (SSSR count). The summed E-state index contributed by atoms with van der Waals surface area (Å²) in [5.41, 5.74) is 10.6. The first kappa shape index (κ1) is 12.5. The van der Waals surface area contributed by atoms with Gasteiger partial charge in [0, 0.05) is 12.4 Å². The van der Waals surface area contributed by atoms with Gasteiger partial charge in [-0.2, -0.15) is 0 Å². The average Bonchev–Trinajstić information content (AvgIpc) is 3.23. The second-order valence-electron chi connectivity index (χ2n) is 5.88. The predicted octanol–water partition coefficient (Wildman–Crippen LogP) is 3.42. The Morgan fingerprint density at radius 2 is 1.95 bits per heavy atom. The molecule has 0 bridgehead atoms. The van der Waals surface area contributed by atoms with Gasteiger partial charge in [-0.3, -0.25) is 4.98 Å². The van der Waals surface area contributed by atoms with E-state index >= 15 is 0 Å². The quantitative estimate of drug-likeness (QED) is 0.768. The van der Waals surface area contributed by atoms with Crippen LogP contribution in [-0.4, -0.2) is 15.0 Å². The highest BCUT2D eigenvalue weighted by Gasteiger charge is 2.25. The highest BCUT2D eigenvalue weighted by molar-refractivity contribution is 5.81. The molecule has 0 amide bonds. The molecule has 4 heteroatoms. The SMILES string of the molecule is N[C@H](CC1CC1)c1nc2cc(-c3ccncc3)ccc2[nH]1. The van der Waals surface area contributed by atoms with Gasteiger partial charge in [-0.15, -0.1) is 0 Å². The maximum absolute atomic E-state index is 6.25. The van der Waals surface area contributed by atoms with Gasteiger partial charge in [0.2, 0.25) is 0 Å². The number of H-pyrrole nitrogens is 1. The van der Waals surface area contributed by atoms with Gasteiger partial charge in [0.05, 0.1) is 17.1 Å². The van der Waals surface area contributed by atoms with E-state index in [0.717, 1.165) is 40.3 Å². The lowest BCUT2D eigenvalue weighted by Gasteiger charge is -2.06. The molecule has 0 unspecified atom stereocenters. The first-order valence-corrected chi connectivity index (χ1v) is 7.45. The molecule has 1 aromatic carbocycles. The van der Waals surface area contributed by atoms with Crippen LogP contribution < -0.4 is 5.73 Å². The highest BCUT2D eigenvalue weighted by atomic mass is 15.0. The van der Waals surface area contributed by atoms with Crippen LogP contribution in [0.5, 0.6) is 0 Å². The van der Waals surface area contributed by atoms with Crippen molar-refractivity contribution in [3.63, 3.8) is 0 Å². The van der Waals surface area contributed by atoms with Crippen molar-refractivity contribution in [3.05, 3.63) is 48.5 Å². The van der Waals surface area contributed by atoms with E-state index in [1.807, 2.05) is 12.1 Å². The summed E-state index contributed by atoms with van der Waals surface area (Å²) >= 11 is 0. The fourth-order valence-electron chi connectivity index (χ4n) is 2.75. The molecule has 1 saturated carbocycles. The van der Waals surface area contributed by atoms with Crippen molar-refractivity contribution in [2.24, 2.45) is 11.7 Å². The molecular formula is C17H18N4. The van der Waals surface area contributed by atoms with Crippen molar-refractivity contribution in [2.45, 2.75) is 25.3 Å². The minimum absolute atomic E-state index is 0.0225. The zero-order valence-electron chi connectivity index (χ0n) is 11.8. The molecule has 1 fully saturated rings. The Labute approximate surface area is 123 Å². The predicted molar refractivity (Wildman–Crippen MR) is 83.6 cm³/mol. The van der Waals surface area contributed by atoms with Crippen LogP contribution in [-0.2, 0) is 0 Å². The third kappa shape index (κ3) is 2.54. The van der Waals surface area contributed by atoms with E-state index in [1.165, 1.54) is 12.8 Å². The van der Waals surface area contributed by atoms with Crippen LogP contribution in [0, 0.1) is 5.92 Å². The molecule has 3 N–H and O–H groups in total. The fourth-order valence-corrected chi connectivity index (χ4v) is 2.75. The van der Waals surface area contributed by atoms with Gasteiger partial charge in [0.15, 0.2) is 0 Å². The molecule has 2 heterocycles. The number of aromatic nitrogens is 3. The van der Waals surface area contributed by atoms with E-state index in [2.05, 4.69) is 33.2 Å². The summed E-state index contributed by atoms with van der Waals surface area (Å²) in [6.07, 6.45) is 7.29. The minimum Gasteiger partial charge on any atom is -0.341 e. The third-order valence-electron chi connectivity index (χ3n) is 4.15. The zero-order valence-corrected chi connectivity index (χ0v) is 11.8. The Morgan fingerprint density at radius 3 is 2.71 bits per heavy atom. The Morgan fingerprint density at radius 1 is 1.14 bits per heavy atom. The summed E-state index contributed by atoms with van der Waals surface area (Å²) < 4.78 is 0. The van der Waals surface area contributed by atoms with Crippen LogP contribution in [0.4, 0.5) is 0 Å². The van der Waals surface area contributed by atoms with Crippen LogP contribution in [0.15, 0.2) is 42.7 Å². The molecule has 0 saturated heterocycles. The molecule has 0 radical (unpaired) electrons. The van der Waals surface area contributed by atoms with Gasteiger partial charge < -0.3 is 10.7 Å². The van der Waals surface area contributed by atoms with Gasteiger partial charge in [-0.1, -0.05) is 18.9 Å². The first-order valence-electron chi connectivity index (χ1n) is 7.45. The number of nitrogens with two attached hydrogens (primary N) is 1. The Balaban J connectivity index is 1.67. The number of hydrogen-bond acceptors (Lipinski definition) is 3. The van der Waals surface area contributed by atoms with E-state index in [0.29, 0.717) is 0 Å². The second kappa shape index (κ2) is 4.97. The van der Waals surface area contributed by atoms with E-state index in [4.69, 9.17) is 5.73 Å². The summed E-state index contributed by atoms with van der Waals surface area (Å²) in [7, 11) is 0. The van der Waals surface area contributed by atoms with Crippen LogP contribution in [0.2, 0.25) is 0 Å². The molecule has 0 spiro atoms. The Bertz CT molecular complexity index is 759. The molecule has 1 atom stereocenters. The highest BCUT2D eigenvalue weighted by Crippen LogP contribution is 2.36. The second-order valence-corrected chi connectivity index (χ2v) is 5.88. The number of aromatic amines is 1. The molecule has 1 aliphatic rings. The smallest absolute Gasteiger partial charge is 0.124 e. The summed E-state index contributed by atoms with van der Waals surface area (Å²) in [4.78, 5) is 12.1. The van der Waals surface area contributed by atoms with Crippen molar-refractivity contribution in [2.75, 3.05) is 0 Å². The van der Waals surface area contributed by atoms with Gasteiger partial charge in [-0.05, 0) is 47.7 Å². The molecule has 106 valence electrons. The lowest BCUT2D eigenvalue weighted by molar-refractivity contribution is 0.574. The molecule has 2 aromatic heterocycles. The normalized spacial score (nSPS) is 16.2. The number of nitrogens with one attached hydrogen (secondary N) is 1. The molecule has 1 aliphatic carbocycles. The summed E-state index contributed by atoms with van der Waals surface area (Å²) in [5.74, 6) is 1.71. The standard InChI is InChI=1S/C17H18N4/c18-14(9-11-1-2-11)17-20-15-4-3-13(10-16(15)21-17)12-5-7-19-8-6-12/h3-8,10-11,14H,1-2,9,18H2,(H,20,21)/t14-/m1/s1. The van der Waals surface area contributed by atoms with Crippen molar-refractivity contribution in [3.8, 4) is 11.1 Å². The van der Waals surface area contributed by atoms with Gasteiger partial charge >= 0.3 is 0 Å². The zero-order chi connectivity index (χ0) is 14.2. The van der Waals surface area contributed by atoms with Gasteiger partial charge in [0.1, 0.15) is 5.82 Å². The summed E-state index contributed by atoms with van der Waals surface area (Å²) in [5, 5.41) is 0. The third-order valence-corrected chi connectivity index (χ3v) is 4.15. The molecule has 0 aliphatic heterocycles. The number of imidazole rings is 1. The maximum atomic E-state index is 6.25. The van der Waals surface area contributed by atoms with Crippen LogP contribution >= 0.6 is 0 Å². The number of hydrogen-bond donors (Lipinski definition) is 2. The van der Waals surface area contributed by atoms with Gasteiger partial charge in [0.25, 0.3) is 0 Å². The van der Waals surface area contributed by atoms with E-state index < -0.39 is 0 Å². The summed E-state index contributed by atoms with van der Waals surface area (Å²) in [6, 6.07) is 10.3. The summed E-state index contributed by atoms with van der Waals surface area (Å²) in [6.45, 7) is 0. The number of rotatable bonds is 4. The Hall–Kier alpha value is -2.20. The number of nitrogens with zero attached hydrogens (tertiary/aromatic N) is 2. The number of fused-ring (bicyclic) bond motifs is 1. The van der Waals surface area contributed by atoms with Crippen molar-refractivity contribution in [1.29, 1.82) is 0 Å². The fraction of sp³-hybridized carbons (Fsp3) is 0.294. The molecule has 4 nitrogen and oxygen atoms in total. The van der Waals surface area contributed by atoms with Crippen LogP contribution in [0.1, 0.15) is 31.1 Å². The van der Waals surface area contributed by atoms with Gasteiger partial charge in [-0.25, -0.2) is 4.98 Å². The van der Waals surface area contributed by atoms with E-state index in [9.17, 15) is 0 Å². The Kier molecular flexibility index (Phi) is 2.97. The van der Waals surface area contributed by atoms with E-state index in [-0.39, 0.29) is 6.04 Å². The maximum Gasteiger partial charge on any atom is 0.124 e. The van der Waals surface area contributed by atoms with Crippen molar-refractivity contribution < 1.29 is 0 Å². The largest absolute Gasteiger partial charge is 0.341 e. The molecule has 3 aromatic rings. The average molecular weight is 278 g/mol.